The predicted octanol–water partition coefficient (Wildman–Crippen LogP) is 2.60. The van der Waals surface area contributed by atoms with Gasteiger partial charge in [-0.2, -0.15) is 0 Å². The van der Waals surface area contributed by atoms with Crippen LogP contribution in [0.3, 0.4) is 0 Å². The zero-order valence-corrected chi connectivity index (χ0v) is 15.0. The number of nitrogens with one attached hydrogen (secondary N) is 1. The summed E-state index contributed by atoms with van der Waals surface area (Å²) in [5, 5.41) is 15.6. The van der Waals surface area contributed by atoms with E-state index < -0.39 is 0 Å². The van der Waals surface area contributed by atoms with E-state index >= 15 is 0 Å². The molecule has 0 aliphatic rings. The maximum Gasteiger partial charge on any atom is 0.343 e. The summed E-state index contributed by atoms with van der Waals surface area (Å²) in [6, 6.07) is 7.26. The number of halogens is 1. The lowest BCUT2D eigenvalue weighted by molar-refractivity contribution is 0.189. The topological polar surface area (TPSA) is 98.8 Å². The van der Waals surface area contributed by atoms with E-state index in [0.29, 0.717) is 46.4 Å². The molecular formula is C15H16ClN5O3S. The molecule has 10 heteroatoms. The van der Waals surface area contributed by atoms with E-state index in [1.165, 1.54) is 11.8 Å². The monoisotopic (exact) mass is 381 g/mol. The van der Waals surface area contributed by atoms with E-state index in [9.17, 15) is 4.79 Å². The Morgan fingerprint density at radius 1 is 1.36 bits per heavy atom. The minimum atomic E-state index is -0.249. The van der Waals surface area contributed by atoms with Gasteiger partial charge in [-0.3, -0.25) is 4.57 Å². The van der Waals surface area contributed by atoms with Gasteiger partial charge in [0.1, 0.15) is 0 Å². The summed E-state index contributed by atoms with van der Waals surface area (Å²) < 4.78 is 12.2. The third kappa shape index (κ3) is 4.30. The summed E-state index contributed by atoms with van der Waals surface area (Å²) in [6.45, 7) is 1.10. The molecule has 0 spiro atoms. The molecule has 0 radical (unpaired) electrons. The van der Waals surface area contributed by atoms with Crippen molar-refractivity contribution in [3.63, 3.8) is 0 Å². The normalized spacial score (nSPS) is 11.1. The summed E-state index contributed by atoms with van der Waals surface area (Å²) in [5.41, 5.74) is 0.435. The zero-order chi connectivity index (χ0) is 17.6. The molecule has 0 amide bonds. The standard InChI is InChI=1S/C15H16ClN5O3S/c1-23-8-4-7-21-14(22)19-20-15(21)25-9-12-17-18-13(24-12)10-5-2-3-6-11(10)16/h2-3,5-6H,4,7-9H2,1H3,(H,19,22). The second-order valence-electron chi connectivity index (χ2n) is 5.08. The van der Waals surface area contributed by atoms with Crippen LogP contribution in [0.4, 0.5) is 0 Å². The van der Waals surface area contributed by atoms with Crippen molar-refractivity contribution in [3.8, 4) is 11.5 Å². The Hall–Kier alpha value is -2.10. The number of rotatable bonds is 8. The van der Waals surface area contributed by atoms with Crippen molar-refractivity contribution in [1.29, 1.82) is 0 Å². The number of ether oxygens (including phenoxy) is 1. The summed E-state index contributed by atoms with van der Waals surface area (Å²) in [5.74, 6) is 1.19. The third-order valence-corrected chi connectivity index (χ3v) is 4.64. The molecule has 25 heavy (non-hydrogen) atoms. The molecule has 1 aromatic carbocycles. The molecule has 0 unspecified atom stereocenters. The smallest absolute Gasteiger partial charge is 0.343 e. The minimum absolute atomic E-state index is 0.249. The van der Waals surface area contributed by atoms with Crippen LogP contribution >= 0.6 is 23.4 Å². The van der Waals surface area contributed by atoms with Gasteiger partial charge in [0.25, 0.3) is 0 Å². The number of hydrogen-bond donors (Lipinski definition) is 1. The number of nitrogens with zero attached hydrogens (tertiary/aromatic N) is 4. The highest BCUT2D eigenvalue weighted by atomic mass is 35.5. The number of H-pyrrole nitrogens is 1. The maximum atomic E-state index is 11.8. The SMILES string of the molecule is COCCCn1c(SCc2nnc(-c3ccccc3Cl)o2)n[nH]c1=O. The molecule has 1 N–H and O–H groups in total. The molecule has 3 aromatic rings. The van der Waals surface area contributed by atoms with Gasteiger partial charge in [0, 0.05) is 20.3 Å². The van der Waals surface area contributed by atoms with Crippen LogP contribution in [0.2, 0.25) is 5.02 Å². The van der Waals surface area contributed by atoms with Crippen LogP contribution in [0.5, 0.6) is 0 Å². The van der Waals surface area contributed by atoms with Crippen molar-refractivity contribution >= 4 is 23.4 Å². The first-order chi connectivity index (χ1) is 12.2. The summed E-state index contributed by atoms with van der Waals surface area (Å²) in [4.78, 5) is 11.8. The molecule has 3 rings (SSSR count). The molecule has 0 fully saturated rings. The second kappa shape index (κ2) is 8.32. The quantitative estimate of drug-likeness (QED) is 0.473. The highest BCUT2D eigenvalue weighted by molar-refractivity contribution is 7.98. The van der Waals surface area contributed by atoms with E-state index in [4.69, 9.17) is 20.8 Å². The van der Waals surface area contributed by atoms with Crippen LogP contribution in [0, 0.1) is 0 Å². The number of thioether (sulfide) groups is 1. The molecule has 2 aromatic heterocycles. The molecule has 0 atom stereocenters. The number of aromatic nitrogens is 5. The molecule has 0 saturated carbocycles. The lowest BCUT2D eigenvalue weighted by atomic mass is 10.2. The average molecular weight is 382 g/mol. The number of methoxy groups -OCH3 is 1. The van der Waals surface area contributed by atoms with Crippen molar-refractivity contribution in [1.82, 2.24) is 25.0 Å². The number of hydrogen-bond acceptors (Lipinski definition) is 7. The zero-order valence-electron chi connectivity index (χ0n) is 13.4. The fraction of sp³-hybridized carbons (Fsp3) is 0.333. The summed E-state index contributed by atoms with van der Waals surface area (Å²) in [6.07, 6.45) is 0.723. The Morgan fingerprint density at radius 2 is 2.20 bits per heavy atom. The first kappa shape index (κ1) is 17.7. The lowest BCUT2D eigenvalue weighted by Gasteiger charge is -2.03. The Labute approximate surface area is 152 Å². The van der Waals surface area contributed by atoms with E-state index in [1.54, 1.807) is 17.7 Å². The van der Waals surface area contributed by atoms with Gasteiger partial charge in [0.2, 0.25) is 11.8 Å². The van der Waals surface area contributed by atoms with Crippen molar-refractivity contribution in [2.24, 2.45) is 0 Å². The molecule has 132 valence electrons. The van der Waals surface area contributed by atoms with Crippen LogP contribution in [0.15, 0.2) is 38.6 Å². The Balaban J connectivity index is 1.67. The van der Waals surface area contributed by atoms with Crippen molar-refractivity contribution < 1.29 is 9.15 Å². The van der Waals surface area contributed by atoms with Crippen LogP contribution in [-0.4, -0.2) is 38.7 Å². The molecule has 0 bridgehead atoms. The van der Waals surface area contributed by atoms with Crippen LogP contribution in [-0.2, 0) is 17.0 Å². The minimum Gasteiger partial charge on any atom is -0.420 e. The highest BCUT2D eigenvalue weighted by Crippen LogP contribution is 2.27. The third-order valence-electron chi connectivity index (χ3n) is 3.35. The molecule has 0 saturated heterocycles. The number of aromatic amines is 1. The molecule has 2 heterocycles. The van der Waals surface area contributed by atoms with Crippen molar-refractivity contribution in [2.45, 2.75) is 23.9 Å². The molecular weight excluding hydrogens is 366 g/mol. The molecule has 8 nitrogen and oxygen atoms in total. The first-order valence-electron chi connectivity index (χ1n) is 7.53. The van der Waals surface area contributed by atoms with Crippen molar-refractivity contribution in [3.05, 3.63) is 45.7 Å². The van der Waals surface area contributed by atoms with Crippen LogP contribution in [0.25, 0.3) is 11.5 Å². The molecule has 0 aliphatic heterocycles. The van der Waals surface area contributed by atoms with Gasteiger partial charge >= 0.3 is 5.69 Å². The summed E-state index contributed by atoms with van der Waals surface area (Å²) in [7, 11) is 1.62. The molecule has 0 aliphatic carbocycles. The Morgan fingerprint density at radius 3 is 3.00 bits per heavy atom. The van der Waals surface area contributed by atoms with Gasteiger partial charge in [0.15, 0.2) is 5.16 Å². The van der Waals surface area contributed by atoms with Gasteiger partial charge in [-0.15, -0.1) is 15.3 Å². The predicted molar refractivity (Wildman–Crippen MR) is 93.6 cm³/mol. The van der Waals surface area contributed by atoms with Gasteiger partial charge in [0.05, 0.1) is 16.3 Å². The maximum absolute atomic E-state index is 11.8. The number of benzene rings is 1. The second-order valence-corrected chi connectivity index (χ2v) is 6.43. The average Bonchev–Trinajstić information content (AvgIpc) is 3.21. The van der Waals surface area contributed by atoms with E-state index in [1.807, 2.05) is 18.2 Å². The van der Waals surface area contributed by atoms with E-state index in [0.717, 1.165) is 6.42 Å². The van der Waals surface area contributed by atoms with Gasteiger partial charge in [-0.1, -0.05) is 35.5 Å². The summed E-state index contributed by atoms with van der Waals surface area (Å²) >= 11 is 7.47. The highest BCUT2D eigenvalue weighted by Gasteiger charge is 2.14. The van der Waals surface area contributed by atoms with Gasteiger partial charge in [-0.05, 0) is 18.6 Å². The Kier molecular flexibility index (Phi) is 5.90. The first-order valence-corrected chi connectivity index (χ1v) is 8.89. The van der Waals surface area contributed by atoms with E-state index in [-0.39, 0.29) is 5.69 Å². The van der Waals surface area contributed by atoms with Gasteiger partial charge in [-0.25, -0.2) is 9.89 Å². The van der Waals surface area contributed by atoms with Crippen LogP contribution < -0.4 is 5.69 Å². The van der Waals surface area contributed by atoms with E-state index in [2.05, 4.69) is 20.4 Å². The fourth-order valence-electron chi connectivity index (χ4n) is 2.16. The van der Waals surface area contributed by atoms with Gasteiger partial charge < -0.3 is 9.15 Å². The van der Waals surface area contributed by atoms with Crippen molar-refractivity contribution in [2.75, 3.05) is 13.7 Å². The lowest BCUT2D eigenvalue weighted by Crippen LogP contribution is -2.18. The largest absolute Gasteiger partial charge is 0.420 e. The van der Waals surface area contributed by atoms with Crippen LogP contribution in [0.1, 0.15) is 12.3 Å². The fourth-order valence-corrected chi connectivity index (χ4v) is 3.19. The Bertz CT molecular complexity index is 891.